The Bertz CT molecular complexity index is 492. The van der Waals surface area contributed by atoms with E-state index in [9.17, 15) is 5.11 Å². The number of ether oxygens (including phenoxy) is 2. The second-order valence-corrected chi connectivity index (χ2v) is 5.89. The Kier molecular flexibility index (Phi) is 6.05. The van der Waals surface area contributed by atoms with E-state index in [1.54, 1.807) is 21.1 Å². The molecule has 1 aromatic rings. The molecule has 0 bridgehead atoms. The molecule has 4 heteroatoms. The molecule has 0 heterocycles. The van der Waals surface area contributed by atoms with Crippen LogP contribution < -0.4 is 9.47 Å². The molecule has 0 radical (unpaired) electrons. The molecule has 0 aliphatic carbocycles. The second-order valence-electron chi connectivity index (χ2n) is 5.89. The van der Waals surface area contributed by atoms with Gasteiger partial charge in [0.15, 0.2) is 0 Å². The number of methoxy groups -OCH3 is 2. The molecule has 0 amide bonds. The van der Waals surface area contributed by atoms with Gasteiger partial charge in [-0.05, 0) is 63.6 Å². The highest BCUT2D eigenvalue weighted by atomic mass is 16.5. The highest BCUT2D eigenvalue weighted by Gasteiger charge is 2.23. The second kappa shape index (κ2) is 7.14. The Morgan fingerprint density at radius 2 is 1.43 bits per heavy atom. The minimum atomic E-state index is -0.877. The third kappa shape index (κ3) is 3.89. The molecule has 1 atom stereocenters. The van der Waals surface area contributed by atoms with Crippen LogP contribution in [0.25, 0.3) is 0 Å². The summed E-state index contributed by atoms with van der Waals surface area (Å²) in [6, 6.07) is 0. The molecular weight excluding hydrogens is 268 g/mol. The van der Waals surface area contributed by atoms with Crippen LogP contribution in [-0.2, 0) is 6.42 Å². The van der Waals surface area contributed by atoms with Crippen LogP contribution in [0.1, 0.15) is 42.0 Å². The van der Waals surface area contributed by atoms with E-state index in [1.165, 1.54) is 0 Å². The molecule has 120 valence electrons. The maximum Gasteiger partial charge on any atom is 0.125 e. The fraction of sp³-hybridized carbons (Fsp3) is 0.647. The van der Waals surface area contributed by atoms with Gasteiger partial charge in [-0.15, -0.1) is 0 Å². The minimum Gasteiger partial charge on any atom is -0.496 e. The Hall–Kier alpha value is -1.26. The molecule has 1 unspecified atom stereocenters. The third-order valence-corrected chi connectivity index (χ3v) is 4.28. The topological polar surface area (TPSA) is 58.9 Å². The molecule has 0 fully saturated rings. The lowest BCUT2D eigenvalue weighted by atomic mass is 9.89. The number of rotatable bonds is 7. The lowest BCUT2D eigenvalue weighted by Crippen LogP contribution is -2.26. The van der Waals surface area contributed by atoms with E-state index in [-0.39, 0.29) is 6.61 Å². The van der Waals surface area contributed by atoms with E-state index in [2.05, 4.69) is 0 Å². The van der Waals surface area contributed by atoms with Gasteiger partial charge in [-0.2, -0.15) is 0 Å². The van der Waals surface area contributed by atoms with Crippen molar-refractivity contribution >= 4 is 0 Å². The predicted molar refractivity (Wildman–Crippen MR) is 84.4 cm³/mol. The molecular formula is C17H28O4. The Morgan fingerprint density at radius 3 is 1.90 bits per heavy atom. The highest BCUT2D eigenvalue weighted by molar-refractivity contribution is 5.58. The first kappa shape index (κ1) is 17.8. The fourth-order valence-electron chi connectivity index (χ4n) is 2.80. The van der Waals surface area contributed by atoms with E-state index >= 15 is 0 Å². The average molecular weight is 296 g/mol. The van der Waals surface area contributed by atoms with Gasteiger partial charge in [0.1, 0.15) is 11.5 Å². The average Bonchev–Trinajstić information content (AvgIpc) is 2.42. The molecule has 2 N–H and O–H groups in total. The Morgan fingerprint density at radius 1 is 0.905 bits per heavy atom. The zero-order chi connectivity index (χ0) is 16.2. The first-order valence-corrected chi connectivity index (χ1v) is 7.33. The largest absolute Gasteiger partial charge is 0.496 e. The summed E-state index contributed by atoms with van der Waals surface area (Å²) in [5.41, 5.74) is 3.39. The van der Waals surface area contributed by atoms with Crippen molar-refractivity contribution in [2.45, 2.75) is 52.6 Å². The van der Waals surface area contributed by atoms with Gasteiger partial charge in [-0.1, -0.05) is 0 Å². The van der Waals surface area contributed by atoms with Crippen LogP contribution in [0.2, 0.25) is 0 Å². The number of benzene rings is 1. The highest BCUT2D eigenvalue weighted by Crippen LogP contribution is 2.38. The van der Waals surface area contributed by atoms with Gasteiger partial charge in [0.25, 0.3) is 0 Å². The fourth-order valence-corrected chi connectivity index (χ4v) is 2.80. The molecule has 1 aromatic carbocycles. The molecule has 0 saturated carbocycles. The summed E-state index contributed by atoms with van der Waals surface area (Å²) in [6.07, 6.45) is 1.62. The molecule has 0 aliphatic rings. The van der Waals surface area contributed by atoms with Crippen LogP contribution in [-0.4, -0.2) is 36.6 Å². The van der Waals surface area contributed by atoms with Crippen LogP contribution in [0.4, 0.5) is 0 Å². The van der Waals surface area contributed by atoms with Gasteiger partial charge in [-0.25, -0.2) is 0 Å². The quantitative estimate of drug-likeness (QED) is 0.812. The summed E-state index contributed by atoms with van der Waals surface area (Å²) in [6.45, 7) is 7.80. The molecule has 4 nitrogen and oxygen atoms in total. The predicted octanol–water partition coefficient (Wildman–Crippen LogP) is 2.70. The van der Waals surface area contributed by atoms with Crippen molar-refractivity contribution in [3.63, 3.8) is 0 Å². The van der Waals surface area contributed by atoms with Crippen LogP contribution in [0.15, 0.2) is 0 Å². The summed E-state index contributed by atoms with van der Waals surface area (Å²) in [5.74, 6) is 1.75. The third-order valence-electron chi connectivity index (χ3n) is 4.28. The van der Waals surface area contributed by atoms with Crippen molar-refractivity contribution in [3.05, 3.63) is 22.3 Å². The van der Waals surface area contributed by atoms with Crippen LogP contribution in [0.3, 0.4) is 0 Å². The first-order valence-electron chi connectivity index (χ1n) is 7.33. The minimum absolute atomic E-state index is 0.0145. The number of aliphatic hydroxyl groups is 2. The summed E-state index contributed by atoms with van der Waals surface area (Å²) < 4.78 is 11.1. The van der Waals surface area contributed by atoms with Crippen LogP contribution in [0.5, 0.6) is 11.5 Å². The summed E-state index contributed by atoms with van der Waals surface area (Å²) in [4.78, 5) is 0. The van der Waals surface area contributed by atoms with Crippen LogP contribution in [0, 0.1) is 20.8 Å². The van der Waals surface area contributed by atoms with Crippen molar-refractivity contribution in [3.8, 4) is 11.5 Å². The Balaban J connectivity index is 3.19. The summed E-state index contributed by atoms with van der Waals surface area (Å²) in [7, 11) is 3.34. The monoisotopic (exact) mass is 296 g/mol. The van der Waals surface area contributed by atoms with Crippen molar-refractivity contribution in [1.82, 2.24) is 0 Å². The zero-order valence-corrected chi connectivity index (χ0v) is 14.0. The first-order chi connectivity index (χ1) is 9.79. The molecule has 0 saturated heterocycles. The number of hydrogen-bond acceptors (Lipinski definition) is 4. The maximum absolute atomic E-state index is 10.2. The molecule has 0 aromatic heterocycles. The van der Waals surface area contributed by atoms with E-state index in [1.807, 2.05) is 20.8 Å². The smallest absolute Gasteiger partial charge is 0.125 e. The van der Waals surface area contributed by atoms with Gasteiger partial charge in [-0.3, -0.25) is 0 Å². The number of aliphatic hydroxyl groups excluding tert-OH is 1. The zero-order valence-electron chi connectivity index (χ0n) is 14.0. The van der Waals surface area contributed by atoms with Gasteiger partial charge in [0.2, 0.25) is 0 Å². The molecule has 21 heavy (non-hydrogen) atoms. The van der Waals surface area contributed by atoms with Gasteiger partial charge >= 0.3 is 0 Å². The summed E-state index contributed by atoms with van der Waals surface area (Å²) in [5, 5.41) is 19.3. The molecule has 1 rings (SSSR count). The summed E-state index contributed by atoms with van der Waals surface area (Å²) >= 11 is 0. The van der Waals surface area contributed by atoms with Crippen molar-refractivity contribution < 1.29 is 19.7 Å². The van der Waals surface area contributed by atoms with E-state index in [0.29, 0.717) is 19.3 Å². The standard InChI is InChI=1S/C17H28O4/c1-11-12(2)16(21-6)14(13(3)15(11)20-5)7-8-17(4,19)9-10-18/h18-19H,7-10H2,1-6H3. The lowest BCUT2D eigenvalue weighted by molar-refractivity contribution is 0.0256. The van der Waals surface area contributed by atoms with Crippen molar-refractivity contribution in [2.75, 3.05) is 20.8 Å². The molecule has 0 spiro atoms. The maximum atomic E-state index is 10.2. The van der Waals surface area contributed by atoms with Crippen LogP contribution >= 0.6 is 0 Å². The van der Waals surface area contributed by atoms with Gasteiger partial charge in [0.05, 0.1) is 19.8 Å². The SMILES string of the molecule is COc1c(C)c(C)c(OC)c(CCC(C)(O)CCO)c1C. The van der Waals surface area contributed by atoms with Crippen molar-refractivity contribution in [1.29, 1.82) is 0 Å². The Labute approximate surface area is 127 Å². The lowest BCUT2D eigenvalue weighted by Gasteiger charge is -2.25. The van der Waals surface area contributed by atoms with Crippen molar-refractivity contribution in [2.24, 2.45) is 0 Å². The van der Waals surface area contributed by atoms with E-state index in [0.717, 1.165) is 33.8 Å². The van der Waals surface area contributed by atoms with Gasteiger partial charge in [0, 0.05) is 12.2 Å². The molecule has 0 aliphatic heterocycles. The van der Waals surface area contributed by atoms with E-state index < -0.39 is 5.60 Å². The normalized spacial score (nSPS) is 13.9. The number of hydrogen-bond donors (Lipinski definition) is 2. The van der Waals surface area contributed by atoms with Gasteiger partial charge < -0.3 is 19.7 Å². The van der Waals surface area contributed by atoms with E-state index in [4.69, 9.17) is 14.6 Å².